The molecule has 0 atom stereocenters. The van der Waals surface area contributed by atoms with E-state index in [2.05, 4.69) is 15.5 Å². The number of hydrogen-bond acceptors (Lipinski definition) is 4. The SMILES string of the molecule is Cc1ccc(Cc2nnc(NC(=O)c3ccccc3C)o2)cc1. The first-order valence-electron chi connectivity index (χ1n) is 7.37. The zero-order valence-corrected chi connectivity index (χ0v) is 13.0. The van der Waals surface area contributed by atoms with Crippen LogP contribution >= 0.6 is 0 Å². The molecule has 0 aliphatic rings. The predicted molar refractivity (Wildman–Crippen MR) is 87.4 cm³/mol. The predicted octanol–water partition coefficient (Wildman–Crippen LogP) is 3.53. The van der Waals surface area contributed by atoms with E-state index in [-0.39, 0.29) is 11.9 Å². The van der Waals surface area contributed by atoms with Crippen molar-refractivity contribution in [2.45, 2.75) is 20.3 Å². The van der Waals surface area contributed by atoms with Crippen LogP contribution in [0, 0.1) is 13.8 Å². The quantitative estimate of drug-likeness (QED) is 0.800. The average Bonchev–Trinajstić information content (AvgIpc) is 2.97. The Bertz CT molecular complexity index is 822. The molecule has 0 saturated heterocycles. The Kier molecular flexibility index (Phi) is 4.19. The maximum absolute atomic E-state index is 12.2. The zero-order valence-electron chi connectivity index (χ0n) is 13.0. The third kappa shape index (κ3) is 3.63. The molecule has 0 spiro atoms. The lowest BCUT2D eigenvalue weighted by atomic mass is 10.1. The second kappa shape index (κ2) is 6.44. The summed E-state index contributed by atoms with van der Waals surface area (Å²) < 4.78 is 5.50. The molecule has 1 heterocycles. The Hall–Kier alpha value is -2.95. The van der Waals surface area contributed by atoms with Crippen molar-refractivity contribution in [2.75, 3.05) is 5.32 Å². The Balaban J connectivity index is 1.69. The van der Waals surface area contributed by atoms with E-state index >= 15 is 0 Å². The number of hydrogen-bond donors (Lipinski definition) is 1. The molecule has 0 unspecified atom stereocenters. The van der Waals surface area contributed by atoms with Crippen LogP contribution in [0.1, 0.15) is 32.9 Å². The molecule has 2 aromatic carbocycles. The number of rotatable bonds is 4. The number of carbonyl (C=O) groups excluding carboxylic acids is 1. The fourth-order valence-electron chi connectivity index (χ4n) is 2.25. The minimum atomic E-state index is -0.256. The summed E-state index contributed by atoms with van der Waals surface area (Å²) in [5.41, 5.74) is 3.76. The van der Waals surface area contributed by atoms with Crippen LogP contribution in [0.5, 0.6) is 0 Å². The summed E-state index contributed by atoms with van der Waals surface area (Å²) in [6.45, 7) is 3.92. The van der Waals surface area contributed by atoms with E-state index in [0.717, 1.165) is 11.1 Å². The van der Waals surface area contributed by atoms with Crippen LogP contribution < -0.4 is 5.32 Å². The molecule has 0 radical (unpaired) electrons. The number of aryl methyl sites for hydroxylation is 2. The Morgan fingerprint density at radius 2 is 1.78 bits per heavy atom. The summed E-state index contributed by atoms with van der Waals surface area (Å²) in [5, 5.41) is 10.5. The molecule has 0 fully saturated rings. The minimum Gasteiger partial charge on any atom is -0.407 e. The van der Waals surface area contributed by atoms with E-state index < -0.39 is 0 Å². The molecule has 0 saturated carbocycles. The van der Waals surface area contributed by atoms with Crippen LogP contribution in [0.15, 0.2) is 52.9 Å². The van der Waals surface area contributed by atoms with Gasteiger partial charge in [0.05, 0.1) is 6.42 Å². The van der Waals surface area contributed by atoms with E-state index in [9.17, 15) is 4.79 Å². The zero-order chi connectivity index (χ0) is 16.2. The van der Waals surface area contributed by atoms with E-state index in [0.29, 0.717) is 17.9 Å². The van der Waals surface area contributed by atoms with E-state index in [1.807, 2.05) is 56.3 Å². The lowest BCUT2D eigenvalue weighted by Gasteiger charge is -2.03. The van der Waals surface area contributed by atoms with Gasteiger partial charge in [-0.15, -0.1) is 5.10 Å². The third-order valence-corrected chi connectivity index (χ3v) is 3.55. The van der Waals surface area contributed by atoms with E-state index in [1.54, 1.807) is 6.07 Å². The Morgan fingerprint density at radius 1 is 1.04 bits per heavy atom. The summed E-state index contributed by atoms with van der Waals surface area (Å²) >= 11 is 0. The van der Waals surface area contributed by atoms with Crippen LogP contribution in [-0.4, -0.2) is 16.1 Å². The summed E-state index contributed by atoms with van der Waals surface area (Å²) in [6.07, 6.45) is 0.535. The molecule has 1 N–H and O–H groups in total. The molecule has 5 nitrogen and oxygen atoms in total. The second-order valence-corrected chi connectivity index (χ2v) is 5.43. The second-order valence-electron chi connectivity index (χ2n) is 5.43. The van der Waals surface area contributed by atoms with Crippen molar-refractivity contribution in [3.8, 4) is 0 Å². The number of carbonyl (C=O) groups is 1. The van der Waals surface area contributed by atoms with Crippen molar-refractivity contribution in [2.24, 2.45) is 0 Å². The summed E-state index contributed by atoms with van der Waals surface area (Å²) in [4.78, 5) is 12.2. The van der Waals surface area contributed by atoms with Crippen molar-refractivity contribution in [3.63, 3.8) is 0 Å². The molecule has 0 aliphatic carbocycles. The highest BCUT2D eigenvalue weighted by Crippen LogP contribution is 2.14. The summed E-state index contributed by atoms with van der Waals surface area (Å²) in [7, 11) is 0. The van der Waals surface area contributed by atoms with Crippen molar-refractivity contribution in [1.29, 1.82) is 0 Å². The van der Waals surface area contributed by atoms with Crippen LogP contribution in [-0.2, 0) is 6.42 Å². The highest BCUT2D eigenvalue weighted by atomic mass is 16.4. The molecule has 3 rings (SSSR count). The van der Waals surface area contributed by atoms with Crippen LogP contribution in [0.3, 0.4) is 0 Å². The highest BCUT2D eigenvalue weighted by Gasteiger charge is 2.13. The normalized spacial score (nSPS) is 10.5. The molecular weight excluding hydrogens is 290 g/mol. The van der Waals surface area contributed by atoms with Gasteiger partial charge >= 0.3 is 6.01 Å². The number of aromatic nitrogens is 2. The van der Waals surface area contributed by atoms with Crippen LogP contribution in [0.2, 0.25) is 0 Å². The average molecular weight is 307 g/mol. The third-order valence-electron chi connectivity index (χ3n) is 3.55. The molecule has 0 bridgehead atoms. The number of amides is 1. The van der Waals surface area contributed by atoms with Gasteiger partial charge in [0.1, 0.15) is 0 Å². The fraction of sp³-hybridized carbons (Fsp3) is 0.167. The van der Waals surface area contributed by atoms with Gasteiger partial charge in [0, 0.05) is 5.56 Å². The lowest BCUT2D eigenvalue weighted by Crippen LogP contribution is -2.13. The van der Waals surface area contributed by atoms with Crippen LogP contribution in [0.4, 0.5) is 6.01 Å². The number of anilines is 1. The Morgan fingerprint density at radius 3 is 2.52 bits per heavy atom. The van der Waals surface area contributed by atoms with E-state index in [4.69, 9.17) is 4.42 Å². The van der Waals surface area contributed by atoms with Crippen molar-refractivity contribution in [1.82, 2.24) is 10.2 Å². The highest BCUT2D eigenvalue weighted by molar-refractivity contribution is 6.04. The van der Waals surface area contributed by atoms with Gasteiger partial charge in [-0.25, -0.2) is 0 Å². The maximum Gasteiger partial charge on any atom is 0.322 e. The number of nitrogens with one attached hydrogen (secondary N) is 1. The fourth-order valence-corrected chi connectivity index (χ4v) is 2.25. The molecule has 116 valence electrons. The monoisotopic (exact) mass is 307 g/mol. The first kappa shape index (κ1) is 15.0. The molecular formula is C18H17N3O2. The smallest absolute Gasteiger partial charge is 0.322 e. The molecule has 23 heavy (non-hydrogen) atoms. The lowest BCUT2D eigenvalue weighted by molar-refractivity contribution is 0.102. The van der Waals surface area contributed by atoms with Crippen LogP contribution in [0.25, 0.3) is 0 Å². The van der Waals surface area contributed by atoms with Gasteiger partial charge in [0.2, 0.25) is 5.89 Å². The van der Waals surface area contributed by atoms with Gasteiger partial charge in [-0.2, -0.15) is 0 Å². The van der Waals surface area contributed by atoms with Gasteiger partial charge in [0.15, 0.2) is 0 Å². The van der Waals surface area contributed by atoms with Gasteiger partial charge in [-0.1, -0.05) is 53.1 Å². The largest absolute Gasteiger partial charge is 0.407 e. The first-order chi connectivity index (χ1) is 11.1. The summed E-state index contributed by atoms with van der Waals surface area (Å²) in [5.74, 6) is 0.211. The molecule has 0 aliphatic heterocycles. The van der Waals surface area contributed by atoms with Crippen molar-refractivity contribution in [3.05, 3.63) is 76.7 Å². The number of nitrogens with zero attached hydrogens (tertiary/aromatic N) is 2. The van der Waals surface area contributed by atoms with Gasteiger partial charge in [-0.3, -0.25) is 10.1 Å². The Labute approximate surface area is 134 Å². The minimum absolute atomic E-state index is 0.111. The van der Waals surface area contributed by atoms with Gasteiger partial charge in [0.25, 0.3) is 5.91 Å². The topological polar surface area (TPSA) is 68.0 Å². The van der Waals surface area contributed by atoms with Gasteiger partial charge in [-0.05, 0) is 31.0 Å². The van der Waals surface area contributed by atoms with Gasteiger partial charge < -0.3 is 4.42 Å². The first-order valence-corrected chi connectivity index (χ1v) is 7.37. The van der Waals surface area contributed by atoms with Crippen molar-refractivity contribution < 1.29 is 9.21 Å². The standard InChI is InChI=1S/C18H17N3O2/c1-12-7-9-14(10-8-12)11-16-20-21-18(23-16)19-17(22)15-6-4-3-5-13(15)2/h3-10H,11H2,1-2H3,(H,19,21,22). The number of benzene rings is 2. The molecule has 5 heteroatoms. The summed E-state index contributed by atoms with van der Waals surface area (Å²) in [6, 6.07) is 15.6. The van der Waals surface area contributed by atoms with E-state index in [1.165, 1.54) is 5.56 Å². The molecule has 1 amide bonds. The molecule has 1 aromatic heterocycles. The van der Waals surface area contributed by atoms with Crippen molar-refractivity contribution >= 4 is 11.9 Å². The maximum atomic E-state index is 12.2. The molecule has 3 aromatic rings.